The summed E-state index contributed by atoms with van der Waals surface area (Å²) in [5.41, 5.74) is -0.0119. The summed E-state index contributed by atoms with van der Waals surface area (Å²) < 4.78 is 26.4. The fraction of sp³-hybridized carbons (Fsp3) is 0.381. The van der Waals surface area contributed by atoms with E-state index >= 15 is 0 Å². The van der Waals surface area contributed by atoms with Gasteiger partial charge in [-0.2, -0.15) is 0 Å². The first kappa shape index (κ1) is 23.6. The Labute approximate surface area is 180 Å². The first-order chi connectivity index (χ1) is 14.8. The zero-order valence-electron chi connectivity index (χ0n) is 18.3. The van der Waals surface area contributed by atoms with Crippen LogP contribution in [0, 0.1) is 10.1 Å². The molecule has 1 amide bonds. The zero-order valence-corrected chi connectivity index (χ0v) is 18.3. The van der Waals surface area contributed by atoms with E-state index in [1.54, 1.807) is 25.1 Å². The summed E-state index contributed by atoms with van der Waals surface area (Å²) in [6.45, 7) is 4.09. The van der Waals surface area contributed by atoms with Gasteiger partial charge in [-0.25, -0.2) is 0 Å². The highest BCUT2D eigenvalue weighted by molar-refractivity contribution is 6.00. The molecule has 2 aromatic rings. The Morgan fingerprint density at radius 3 is 2.16 bits per heavy atom. The van der Waals surface area contributed by atoms with E-state index in [0.717, 1.165) is 5.56 Å². The van der Waals surface area contributed by atoms with E-state index in [4.69, 9.17) is 23.7 Å². The Kier molecular flexibility index (Phi) is 7.89. The van der Waals surface area contributed by atoms with Crippen molar-refractivity contribution in [3.8, 4) is 28.7 Å². The van der Waals surface area contributed by atoms with Gasteiger partial charge in [-0.3, -0.25) is 14.9 Å². The molecule has 0 saturated carbocycles. The van der Waals surface area contributed by atoms with E-state index in [9.17, 15) is 14.9 Å². The largest absolute Gasteiger partial charge is 0.493 e. The molecule has 1 N–H and O–H groups in total. The van der Waals surface area contributed by atoms with Crippen LogP contribution >= 0.6 is 0 Å². The topological polar surface area (TPSA) is 118 Å². The standard InChI is InChI=1S/C21H26N2O8/c1-7-31-15-9-8-13(10-16(15)27-3)12(2)22-21(24)14-11-17(28-4)19(29-5)20(30-6)18(14)23(25)26/h8-12H,7H2,1-6H3,(H,22,24). The fourth-order valence-electron chi connectivity index (χ4n) is 3.08. The second-order valence-corrected chi connectivity index (χ2v) is 6.34. The Bertz CT molecular complexity index is 961. The molecule has 0 radical (unpaired) electrons. The molecule has 0 aromatic heterocycles. The number of nitrogens with one attached hydrogen (secondary N) is 1. The third-order valence-corrected chi connectivity index (χ3v) is 4.57. The summed E-state index contributed by atoms with van der Waals surface area (Å²) in [6.07, 6.45) is 0. The quantitative estimate of drug-likeness (QED) is 0.446. The van der Waals surface area contributed by atoms with Crippen molar-refractivity contribution in [1.29, 1.82) is 0 Å². The van der Waals surface area contributed by atoms with Gasteiger partial charge in [-0.05, 0) is 31.5 Å². The van der Waals surface area contributed by atoms with E-state index in [1.807, 2.05) is 6.92 Å². The Morgan fingerprint density at radius 2 is 1.65 bits per heavy atom. The van der Waals surface area contributed by atoms with Gasteiger partial charge in [0.2, 0.25) is 11.5 Å². The van der Waals surface area contributed by atoms with Crippen LogP contribution in [-0.2, 0) is 0 Å². The molecule has 0 saturated heterocycles. The van der Waals surface area contributed by atoms with Gasteiger partial charge in [0.25, 0.3) is 5.91 Å². The van der Waals surface area contributed by atoms with Crippen molar-refractivity contribution in [3.63, 3.8) is 0 Å². The average Bonchev–Trinajstić information content (AvgIpc) is 2.77. The van der Waals surface area contributed by atoms with Crippen LogP contribution in [0.1, 0.15) is 35.8 Å². The number of hydrogen-bond acceptors (Lipinski definition) is 8. The van der Waals surface area contributed by atoms with Crippen molar-refractivity contribution < 1.29 is 33.4 Å². The van der Waals surface area contributed by atoms with Crippen LogP contribution in [0.2, 0.25) is 0 Å². The first-order valence-electron chi connectivity index (χ1n) is 9.41. The molecule has 31 heavy (non-hydrogen) atoms. The third kappa shape index (κ3) is 4.90. The molecule has 0 aliphatic carbocycles. The molecule has 1 unspecified atom stereocenters. The molecule has 0 bridgehead atoms. The SMILES string of the molecule is CCOc1ccc(C(C)NC(=O)c2cc(OC)c(OC)c(OC)c2[N+](=O)[O-])cc1OC. The summed E-state index contributed by atoms with van der Waals surface area (Å²) in [5, 5.41) is 14.5. The van der Waals surface area contributed by atoms with Gasteiger partial charge in [0.15, 0.2) is 17.2 Å². The van der Waals surface area contributed by atoms with Gasteiger partial charge in [0, 0.05) is 6.07 Å². The Balaban J connectivity index is 2.44. The van der Waals surface area contributed by atoms with Gasteiger partial charge in [-0.15, -0.1) is 0 Å². The van der Waals surface area contributed by atoms with Crippen LogP contribution in [0.25, 0.3) is 0 Å². The number of methoxy groups -OCH3 is 4. The second kappa shape index (κ2) is 10.4. The minimum Gasteiger partial charge on any atom is -0.493 e. The maximum atomic E-state index is 13.0. The summed E-state index contributed by atoms with van der Waals surface area (Å²) >= 11 is 0. The number of nitro groups is 1. The monoisotopic (exact) mass is 434 g/mol. The fourth-order valence-corrected chi connectivity index (χ4v) is 3.08. The molecule has 168 valence electrons. The van der Waals surface area contributed by atoms with E-state index in [1.165, 1.54) is 34.5 Å². The molecule has 0 heterocycles. The zero-order chi connectivity index (χ0) is 23.1. The number of nitrogens with zero attached hydrogens (tertiary/aromatic N) is 1. The molecule has 2 aromatic carbocycles. The van der Waals surface area contributed by atoms with Gasteiger partial charge in [0.1, 0.15) is 5.56 Å². The van der Waals surface area contributed by atoms with Crippen LogP contribution in [0.15, 0.2) is 24.3 Å². The number of nitro benzene ring substituents is 1. The maximum absolute atomic E-state index is 13.0. The van der Waals surface area contributed by atoms with Crippen LogP contribution in [0.4, 0.5) is 5.69 Å². The Morgan fingerprint density at radius 1 is 1.00 bits per heavy atom. The van der Waals surface area contributed by atoms with Crippen molar-refractivity contribution in [2.75, 3.05) is 35.0 Å². The van der Waals surface area contributed by atoms with E-state index in [-0.39, 0.29) is 22.8 Å². The van der Waals surface area contributed by atoms with Crippen molar-refractivity contribution in [2.45, 2.75) is 19.9 Å². The van der Waals surface area contributed by atoms with Gasteiger partial charge in [0.05, 0.1) is 46.0 Å². The van der Waals surface area contributed by atoms with Crippen molar-refractivity contribution in [2.24, 2.45) is 0 Å². The minimum atomic E-state index is -0.694. The number of benzene rings is 2. The molecule has 1 atom stereocenters. The number of amides is 1. The summed E-state index contributed by atoms with van der Waals surface area (Å²) in [7, 11) is 5.45. The van der Waals surface area contributed by atoms with E-state index < -0.39 is 22.6 Å². The molecule has 10 heteroatoms. The van der Waals surface area contributed by atoms with E-state index in [2.05, 4.69) is 5.32 Å². The molecule has 10 nitrogen and oxygen atoms in total. The average molecular weight is 434 g/mol. The van der Waals surface area contributed by atoms with Crippen LogP contribution < -0.4 is 29.0 Å². The molecule has 0 fully saturated rings. The smallest absolute Gasteiger partial charge is 0.327 e. The Hall–Kier alpha value is -3.69. The third-order valence-electron chi connectivity index (χ3n) is 4.57. The maximum Gasteiger partial charge on any atom is 0.327 e. The predicted molar refractivity (Wildman–Crippen MR) is 113 cm³/mol. The first-order valence-corrected chi connectivity index (χ1v) is 9.41. The normalized spacial score (nSPS) is 11.3. The van der Waals surface area contributed by atoms with Crippen molar-refractivity contribution >= 4 is 11.6 Å². The van der Waals surface area contributed by atoms with Gasteiger partial charge < -0.3 is 29.0 Å². The lowest BCUT2D eigenvalue weighted by molar-refractivity contribution is -0.386. The molecule has 0 aliphatic rings. The highest BCUT2D eigenvalue weighted by Crippen LogP contribution is 2.46. The lowest BCUT2D eigenvalue weighted by Crippen LogP contribution is -2.27. The van der Waals surface area contributed by atoms with Crippen LogP contribution in [-0.4, -0.2) is 45.9 Å². The lowest BCUT2D eigenvalue weighted by atomic mass is 10.1. The van der Waals surface area contributed by atoms with Gasteiger partial charge in [-0.1, -0.05) is 6.07 Å². The minimum absolute atomic E-state index is 0.0255. The molecular weight excluding hydrogens is 408 g/mol. The summed E-state index contributed by atoms with van der Waals surface area (Å²) in [6, 6.07) is 6.01. The second-order valence-electron chi connectivity index (χ2n) is 6.34. The predicted octanol–water partition coefficient (Wildman–Crippen LogP) is 3.52. The highest BCUT2D eigenvalue weighted by atomic mass is 16.6. The number of carbonyl (C=O) groups is 1. The number of rotatable bonds is 10. The highest BCUT2D eigenvalue weighted by Gasteiger charge is 2.33. The van der Waals surface area contributed by atoms with E-state index in [0.29, 0.717) is 18.1 Å². The molecular formula is C21H26N2O8. The summed E-state index contributed by atoms with van der Waals surface area (Å²) in [5.74, 6) is 0.369. The molecule has 0 spiro atoms. The van der Waals surface area contributed by atoms with Crippen LogP contribution in [0.5, 0.6) is 28.7 Å². The molecule has 2 rings (SSSR count). The number of hydrogen-bond donors (Lipinski definition) is 1. The molecule has 0 aliphatic heterocycles. The number of carbonyl (C=O) groups excluding carboxylic acids is 1. The van der Waals surface area contributed by atoms with Gasteiger partial charge >= 0.3 is 5.69 Å². The van der Waals surface area contributed by atoms with Crippen molar-refractivity contribution in [3.05, 3.63) is 45.5 Å². The number of ether oxygens (including phenoxy) is 5. The van der Waals surface area contributed by atoms with Crippen molar-refractivity contribution in [1.82, 2.24) is 5.32 Å². The van der Waals surface area contributed by atoms with Crippen LogP contribution in [0.3, 0.4) is 0 Å². The summed E-state index contributed by atoms with van der Waals surface area (Å²) in [4.78, 5) is 24.0. The lowest BCUT2D eigenvalue weighted by Gasteiger charge is -2.18.